The zero-order valence-electron chi connectivity index (χ0n) is 16.3. The molecule has 3 aromatic rings. The van der Waals surface area contributed by atoms with E-state index in [1.54, 1.807) is 27.5 Å². The summed E-state index contributed by atoms with van der Waals surface area (Å²) in [6.07, 6.45) is 2.19. The summed E-state index contributed by atoms with van der Waals surface area (Å²) in [6, 6.07) is 5.56. The van der Waals surface area contributed by atoms with Crippen molar-refractivity contribution < 1.29 is 14.2 Å². The van der Waals surface area contributed by atoms with Crippen LogP contribution >= 0.6 is 0 Å². The first-order valence-corrected chi connectivity index (χ1v) is 8.56. The third kappa shape index (κ3) is 3.56. The van der Waals surface area contributed by atoms with Gasteiger partial charge in [0.15, 0.2) is 17.1 Å². The maximum absolute atomic E-state index is 6.65. The summed E-state index contributed by atoms with van der Waals surface area (Å²) in [5.74, 6) is 1.96. The number of nitrogens with zero attached hydrogens (tertiary/aromatic N) is 3. The Hall–Kier alpha value is -3.33. The van der Waals surface area contributed by atoms with E-state index >= 15 is 0 Å². The highest BCUT2D eigenvalue weighted by Gasteiger charge is 2.26. The topological polar surface area (TPSA) is 144 Å². The van der Waals surface area contributed by atoms with E-state index in [2.05, 4.69) is 15.0 Å². The molecule has 9 nitrogen and oxygen atoms in total. The fourth-order valence-corrected chi connectivity index (χ4v) is 3.13. The standard InChI is InChI=1S/C19H24N6O3/c1-19(22,11-6-13(26-2)15(28-4)14(7-11)27-3)8-10-5-12-16(20)24-18(21)25-17(12)23-9-10/h5-7,9H,8,22H2,1-4H3,(H4,20,21,23,24,25). The minimum Gasteiger partial charge on any atom is -0.493 e. The molecule has 0 saturated heterocycles. The van der Waals surface area contributed by atoms with Crippen molar-refractivity contribution in [2.45, 2.75) is 18.9 Å². The number of anilines is 2. The molecule has 0 radical (unpaired) electrons. The molecule has 0 aliphatic rings. The van der Waals surface area contributed by atoms with Gasteiger partial charge < -0.3 is 31.4 Å². The fourth-order valence-electron chi connectivity index (χ4n) is 3.13. The Kier molecular flexibility index (Phi) is 5.10. The SMILES string of the molecule is COc1cc(C(C)(N)Cc2cnc3nc(N)nc(N)c3c2)cc(OC)c1OC. The Labute approximate surface area is 162 Å². The monoisotopic (exact) mass is 384 g/mol. The molecule has 0 aliphatic carbocycles. The zero-order valence-corrected chi connectivity index (χ0v) is 16.3. The Balaban J connectivity index is 2.01. The second-order valence-corrected chi connectivity index (χ2v) is 6.69. The molecule has 6 N–H and O–H groups in total. The summed E-state index contributed by atoms with van der Waals surface area (Å²) in [5.41, 5.74) is 19.6. The Morgan fingerprint density at radius 1 is 0.964 bits per heavy atom. The van der Waals surface area contributed by atoms with E-state index in [-0.39, 0.29) is 11.8 Å². The van der Waals surface area contributed by atoms with Crippen LogP contribution < -0.4 is 31.4 Å². The molecule has 2 aromatic heterocycles. The van der Waals surface area contributed by atoms with E-state index in [0.29, 0.717) is 34.7 Å². The Morgan fingerprint density at radius 2 is 1.61 bits per heavy atom. The van der Waals surface area contributed by atoms with Crippen molar-refractivity contribution in [1.29, 1.82) is 0 Å². The van der Waals surface area contributed by atoms with Gasteiger partial charge in [0.05, 0.1) is 26.7 Å². The van der Waals surface area contributed by atoms with Crippen molar-refractivity contribution >= 4 is 22.8 Å². The average molecular weight is 384 g/mol. The zero-order chi connectivity index (χ0) is 20.5. The quantitative estimate of drug-likeness (QED) is 0.577. The van der Waals surface area contributed by atoms with Crippen LogP contribution in [0, 0.1) is 0 Å². The number of aromatic nitrogens is 3. The summed E-state index contributed by atoms with van der Waals surface area (Å²) in [7, 11) is 4.69. The van der Waals surface area contributed by atoms with Crippen LogP contribution in [-0.2, 0) is 12.0 Å². The molecule has 9 heteroatoms. The predicted molar refractivity (Wildman–Crippen MR) is 107 cm³/mol. The minimum atomic E-state index is -0.744. The molecule has 1 atom stereocenters. The summed E-state index contributed by atoms with van der Waals surface area (Å²) in [6.45, 7) is 1.92. The molecule has 148 valence electrons. The first-order valence-electron chi connectivity index (χ1n) is 8.56. The number of hydrogen-bond acceptors (Lipinski definition) is 9. The lowest BCUT2D eigenvalue weighted by Gasteiger charge is -2.27. The molecule has 28 heavy (non-hydrogen) atoms. The number of rotatable bonds is 6. The van der Waals surface area contributed by atoms with E-state index in [0.717, 1.165) is 11.1 Å². The maximum Gasteiger partial charge on any atom is 0.224 e. The number of benzene rings is 1. The fraction of sp³-hybridized carbons (Fsp3) is 0.316. The van der Waals surface area contributed by atoms with Gasteiger partial charge >= 0.3 is 0 Å². The van der Waals surface area contributed by atoms with Crippen molar-refractivity contribution in [1.82, 2.24) is 15.0 Å². The van der Waals surface area contributed by atoms with E-state index < -0.39 is 5.54 Å². The second-order valence-electron chi connectivity index (χ2n) is 6.69. The molecule has 0 saturated carbocycles. The first-order chi connectivity index (χ1) is 13.3. The van der Waals surface area contributed by atoms with Crippen LogP contribution in [-0.4, -0.2) is 36.3 Å². The van der Waals surface area contributed by atoms with Crippen LogP contribution in [0.3, 0.4) is 0 Å². The number of pyridine rings is 1. The van der Waals surface area contributed by atoms with E-state index in [4.69, 9.17) is 31.4 Å². The molecule has 0 fully saturated rings. The van der Waals surface area contributed by atoms with Gasteiger partial charge in [-0.25, -0.2) is 4.98 Å². The lowest BCUT2D eigenvalue weighted by molar-refractivity contribution is 0.321. The van der Waals surface area contributed by atoms with Crippen LogP contribution in [0.5, 0.6) is 17.2 Å². The highest BCUT2D eigenvalue weighted by Crippen LogP contribution is 2.41. The normalized spacial score (nSPS) is 13.2. The van der Waals surface area contributed by atoms with Crippen molar-refractivity contribution in [3.63, 3.8) is 0 Å². The number of ether oxygens (including phenoxy) is 3. The van der Waals surface area contributed by atoms with Gasteiger partial charge in [-0.1, -0.05) is 0 Å². The van der Waals surface area contributed by atoms with E-state index in [1.165, 1.54) is 0 Å². The molecule has 3 rings (SSSR count). The smallest absolute Gasteiger partial charge is 0.224 e. The van der Waals surface area contributed by atoms with E-state index in [1.807, 2.05) is 25.1 Å². The number of hydrogen-bond donors (Lipinski definition) is 3. The highest BCUT2D eigenvalue weighted by molar-refractivity contribution is 5.86. The van der Waals surface area contributed by atoms with Gasteiger partial charge in [-0.05, 0) is 42.7 Å². The summed E-state index contributed by atoms with van der Waals surface area (Å²) >= 11 is 0. The summed E-state index contributed by atoms with van der Waals surface area (Å²) < 4.78 is 16.2. The molecular formula is C19H24N6O3. The number of methoxy groups -OCH3 is 3. The predicted octanol–water partition coefficient (Wildman–Crippen LogP) is 1.63. The lowest BCUT2D eigenvalue weighted by atomic mass is 9.86. The van der Waals surface area contributed by atoms with Gasteiger partial charge in [0.1, 0.15) is 5.82 Å². The number of nitrogen functional groups attached to an aromatic ring is 2. The molecule has 0 aliphatic heterocycles. The molecule has 0 amide bonds. The van der Waals surface area contributed by atoms with Crippen LogP contribution in [0.15, 0.2) is 24.4 Å². The summed E-state index contributed by atoms with van der Waals surface area (Å²) in [5, 5.41) is 0.632. The van der Waals surface area contributed by atoms with Gasteiger partial charge in [0, 0.05) is 11.7 Å². The van der Waals surface area contributed by atoms with Crippen molar-refractivity contribution in [3.8, 4) is 17.2 Å². The van der Waals surface area contributed by atoms with Gasteiger partial charge in [0.25, 0.3) is 0 Å². The van der Waals surface area contributed by atoms with Gasteiger partial charge in [-0.2, -0.15) is 9.97 Å². The van der Waals surface area contributed by atoms with Crippen molar-refractivity contribution in [2.75, 3.05) is 32.8 Å². The Morgan fingerprint density at radius 3 is 2.18 bits per heavy atom. The van der Waals surface area contributed by atoms with Gasteiger partial charge in [-0.3, -0.25) is 0 Å². The highest BCUT2D eigenvalue weighted by atomic mass is 16.5. The first kappa shape index (κ1) is 19.4. The van der Waals surface area contributed by atoms with Crippen LogP contribution in [0.1, 0.15) is 18.1 Å². The third-order valence-electron chi connectivity index (χ3n) is 4.55. The number of nitrogens with two attached hydrogens (primary N) is 3. The van der Waals surface area contributed by atoms with Crippen LogP contribution in [0.2, 0.25) is 0 Å². The third-order valence-corrected chi connectivity index (χ3v) is 4.55. The molecular weight excluding hydrogens is 360 g/mol. The Bertz CT molecular complexity index is 997. The van der Waals surface area contributed by atoms with Crippen LogP contribution in [0.4, 0.5) is 11.8 Å². The average Bonchev–Trinajstić information content (AvgIpc) is 2.66. The lowest BCUT2D eigenvalue weighted by Crippen LogP contribution is -2.35. The molecule has 0 bridgehead atoms. The largest absolute Gasteiger partial charge is 0.493 e. The molecule has 1 aromatic carbocycles. The molecule has 1 unspecified atom stereocenters. The summed E-state index contributed by atoms with van der Waals surface area (Å²) in [4.78, 5) is 12.4. The minimum absolute atomic E-state index is 0.0892. The van der Waals surface area contributed by atoms with Gasteiger partial charge in [-0.15, -0.1) is 0 Å². The van der Waals surface area contributed by atoms with Gasteiger partial charge in [0.2, 0.25) is 11.7 Å². The van der Waals surface area contributed by atoms with Crippen molar-refractivity contribution in [3.05, 3.63) is 35.5 Å². The maximum atomic E-state index is 6.65. The van der Waals surface area contributed by atoms with Crippen LogP contribution in [0.25, 0.3) is 11.0 Å². The molecule has 0 spiro atoms. The van der Waals surface area contributed by atoms with E-state index in [9.17, 15) is 0 Å². The number of fused-ring (bicyclic) bond motifs is 1. The van der Waals surface area contributed by atoms with Crippen molar-refractivity contribution in [2.24, 2.45) is 5.73 Å². The molecule has 2 heterocycles. The second kappa shape index (κ2) is 7.35.